The van der Waals surface area contributed by atoms with Crippen molar-refractivity contribution in [2.75, 3.05) is 11.9 Å². The number of carbonyl (C=O) groups excluding carboxylic acids is 1. The number of thioether (sulfide) groups is 1. The molecule has 0 aliphatic carbocycles. The van der Waals surface area contributed by atoms with Crippen LogP contribution in [0.1, 0.15) is 29.2 Å². The average Bonchev–Trinajstić information content (AvgIpc) is 2.85. The number of nitrogens with zero attached hydrogens (tertiary/aromatic N) is 1. The largest absolute Gasteiger partial charge is 0.325 e. The van der Waals surface area contributed by atoms with Crippen LogP contribution in [-0.2, 0) is 21.2 Å². The van der Waals surface area contributed by atoms with Gasteiger partial charge in [0.2, 0.25) is 15.9 Å². The highest BCUT2D eigenvalue weighted by molar-refractivity contribution is 8.00. The molecule has 4 rings (SSSR count). The van der Waals surface area contributed by atoms with Crippen molar-refractivity contribution in [3.63, 3.8) is 0 Å². The molecule has 6 nitrogen and oxygen atoms in total. The van der Waals surface area contributed by atoms with Crippen LogP contribution >= 0.6 is 11.8 Å². The van der Waals surface area contributed by atoms with Gasteiger partial charge in [0.15, 0.2) is 0 Å². The van der Waals surface area contributed by atoms with E-state index in [0.29, 0.717) is 18.7 Å². The fraction of sp³-hybridized carbons (Fsp3) is 0.241. The van der Waals surface area contributed by atoms with Crippen molar-refractivity contribution in [3.8, 4) is 0 Å². The fourth-order valence-electron chi connectivity index (χ4n) is 4.13. The molecule has 0 aliphatic rings. The summed E-state index contributed by atoms with van der Waals surface area (Å²) < 4.78 is 27.9. The van der Waals surface area contributed by atoms with Gasteiger partial charge in [-0.1, -0.05) is 53.7 Å². The number of rotatable bonds is 9. The zero-order valence-electron chi connectivity index (χ0n) is 21.4. The van der Waals surface area contributed by atoms with E-state index in [1.807, 2.05) is 43.3 Å². The lowest BCUT2D eigenvalue weighted by Gasteiger charge is -2.14. The average molecular weight is 534 g/mol. The molecule has 0 saturated carbocycles. The van der Waals surface area contributed by atoms with Crippen LogP contribution in [0.25, 0.3) is 10.9 Å². The minimum Gasteiger partial charge on any atom is -0.325 e. The van der Waals surface area contributed by atoms with Crippen molar-refractivity contribution >= 4 is 44.3 Å². The molecule has 1 aromatic heterocycles. The van der Waals surface area contributed by atoms with Crippen molar-refractivity contribution < 1.29 is 13.2 Å². The van der Waals surface area contributed by atoms with E-state index in [-0.39, 0.29) is 10.8 Å². The lowest BCUT2D eigenvalue weighted by atomic mass is 10.0. The van der Waals surface area contributed by atoms with Crippen LogP contribution in [-0.4, -0.2) is 31.1 Å². The smallest absolute Gasteiger partial charge is 0.240 e. The number of hydrogen-bond donors (Lipinski definition) is 2. The summed E-state index contributed by atoms with van der Waals surface area (Å²) in [5, 5.41) is 4.40. The maximum Gasteiger partial charge on any atom is 0.240 e. The summed E-state index contributed by atoms with van der Waals surface area (Å²) in [7, 11) is -3.64. The van der Waals surface area contributed by atoms with Crippen molar-refractivity contribution in [2.45, 2.75) is 49.3 Å². The van der Waals surface area contributed by atoms with E-state index in [1.165, 1.54) is 29.5 Å². The standard InChI is InChI=1S/C29H31N3O3S2/c1-19-16-21(3)28-26(17-19)20(2)18-27(32-28)36-22(4)29(33)31-24-10-12-25(13-11-24)37(34,35)30-15-14-23-8-6-5-7-9-23/h5-13,16-18,22,30H,14-15H2,1-4H3,(H,31,33). The Balaban J connectivity index is 1.36. The summed E-state index contributed by atoms with van der Waals surface area (Å²) in [6, 6.07) is 22.2. The van der Waals surface area contributed by atoms with Gasteiger partial charge < -0.3 is 5.32 Å². The number of aromatic nitrogens is 1. The molecule has 192 valence electrons. The minimum absolute atomic E-state index is 0.155. The van der Waals surface area contributed by atoms with Gasteiger partial charge in [-0.25, -0.2) is 18.1 Å². The second-order valence-electron chi connectivity index (χ2n) is 9.16. The molecule has 1 atom stereocenters. The van der Waals surface area contributed by atoms with Crippen molar-refractivity contribution in [3.05, 3.63) is 95.1 Å². The zero-order valence-corrected chi connectivity index (χ0v) is 23.0. The first-order chi connectivity index (χ1) is 17.6. The lowest BCUT2D eigenvalue weighted by molar-refractivity contribution is -0.115. The van der Waals surface area contributed by atoms with Gasteiger partial charge in [0.05, 0.1) is 20.7 Å². The van der Waals surface area contributed by atoms with Crippen molar-refractivity contribution in [2.24, 2.45) is 0 Å². The molecule has 1 unspecified atom stereocenters. The van der Waals surface area contributed by atoms with Gasteiger partial charge in [-0.05, 0) is 87.2 Å². The molecule has 0 fully saturated rings. The van der Waals surface area contributed by atoms with E-state index in [1.54, 1.807) is 12.1 Å². The Labute approximate surface area is 223 Å². The highest BCUT2D eigenvalue weighted by Gasteiger charge is 2.18. The van der Waals surface area contributed by atoms with Crippen LogP contribution in [0.2, 0.25) is 0 Å². The van der Waals surface area contributed by atoms with Gasteiger partial charge in [0.1, 0.15) is 0 Å². The number of anilines is 1. The van der Waals surface area contributed by atoms with E-state index < -0.39 is 15.3 Å². The van der Waals surface area contributed by atoms with Crippen LogP contribution in [0.15, 0.2) is 82.7 Å². The summed E-state index contributed by atoms with van der Waals surface area (Å²) in [4.78, 5) is 17.8. The first-order valence-electron chi connectivity index (χ1n) is 12.1. The van der Waals surface area contributed by atoms with Crippen molar-refractivity contribution in [1.82, 2.24) is 9.71 Å². The molecular weight excluding hydrogens is 502 g/mol. The predicted octanol–water partition coefficient (Wildman–Crippen LogP) is 5.80. The van der Waals surface area contributed by atoms with Crippen LogP contribution in [0.3, 0.4) is 0 Å². The summed E-state index contributed by atoms with van der Waals surface area (Å²) in [6.07, 6.45) is 0.606. The maximum absolute atomic E-state index is 12.8. The number of pyridine rings is 1. The Morgan fingerprint density at radius 2 is 1.65 bits per heavy atom. The molecule has 2 N–H and O–H groups in total. The van der Waals surface area contributed by atoms with Crippen LogP contribution in [0, 0.1) is 20.8 Å². The van der Waals surface area contributed by atoms with E-state index in [2.05, 4.69) is 42.9 Å². The van der Waals surface area contributed by atoms with Gasteiger partial charge in [-0.3, -0.25) is 4.79 Å². The molecule has 8 heteroatoms. The molecule has 37 heavy (non-hydrogen) atoms. The molecule has 0 bridgehead atoms. The Kier molecular flexibility index (Phi) is 8.32. The third kappa shape index (κ3) is 6.77. The molecule has 1 amide bonds. The third-order valence-corrected chi connectivity index (χ3v) is 8.57. The van der Waals surface area contributed by atoms with E-state index in [4.69, 9.17) is 4.98 Å². The Hall–Kier alpha value is -3.20. The second-order valence-corrected chi connectivity index (χ2v) is 12.3. The molecule has 0 aliphatic heterocycles. The second kappa shape index (κ2) is 11.5. The third-order valence-electron chi connectivity index (χ3n) is 6.08. The van der Waals surface area contributed by atoms with Crippen molar-refractivity contribution in [1.29, 1.82) is 0 Å². The molecule has 0 saturated heterocycles. The number of nitrogens with one attached hydrogen (secondary N) is 2. The number of sulfonamides is 1. The summed E-state index contributed by atoms with van der Waals surface area (Å²) in [5.74, 6) is -0.179. The first kappa shape index (κ1) is 26.9. The van der Waals surface area contributed by atoms with Gasteiger partial charge >= 0.3 is 0 Å². The number of carbonyl (C=O) groups is 1. The Morgan fingerprint density at radius 1 is 0.946 bits per heavy atom. The normalized spacial score (nSPS) is 12.4. The number of amides is 1. The van der Waals surface area contributed by atoms with Gasteiger partial charge in [-0.15, -0.1) is 0 Å². The van der Waals surface area contributed by atoms with Crippen LogP contribution in [0.4, 0.5) is 5.69 Å². The first-order valence-corrected chi connectivity index (χ1v) is 14.5. The number of aryl methyl sites for hydroxylation is 3. The highest BCUT2D eigenvalue weighted by atomic mass is 32.2. The summed E-state index contributed by atoms with van der Waals surface area (Å²) in [6.45, 7) is 8.32. The van der Waals surface area contributed by atoms with E-state index >= 15 is 0 Å². The fourth-order valence-corrected chi connectivity index (χ4v) is 6.08. The maximum atomic E-state index is 12.8. The molecule has 4 aromatic rings. The molecule has 1 heterocycles. The number of hydrogen-bond acceptors (Lipinski definition) is 5. The number of benzene rings is 3. The SMILES string of the molecule is Cc1cc(C)c2nc(SC(C)C(=O)Nc3ccc(S(=O)(=O)NCCc4ccccc4)cc3)cc(C)c2c1. The van der Waals surface area contributed by atoms with Crippen LogP contribution in [0.5, 0.6) is 0 Å². The number of fused-ring (bicyclic) bond motifs is 1. The highest BCUT2D eigenvalue weighted by Crippen LogP contribution is 2.29. The zero-order chi connectivity index (χ0) is 26.6. The van der Waals surface area contributed by atoms with E-state index in [9.17, 15) is 13.2 Å². The van der Waals surface area contributed by atoms with E-state index in [0.717, 1.165) is 32.6 Å². The van der Waals surface area contributed by atoms with Gasteiger partial charge in [-0.2, -0.15) is 0 Å². The topological polar surface area (TPSA) is 88.2 Å². The summed E-state index contributed by atoms with van der Waals surface area (Å²) in [5.41, 5.74) is 5.99. The van der Waals surface area contributed by atoms with Gasteiger partial charge in [0, 0.05) is 17.6 Å². The molecular formula is C29H31N3O3S2. The van der Waals surface area contributed by atoms with Gasteiger partial charge in [0.25, 0.3) is 0 Å². The molecule has 0 spiro atoms. The Bertz CT molecular complexity index is 1520. The molecule has 3 aromatic carbocycles. The molecule has 0 radical (unpaired) electrons. The quantitative estimate of drug-likeness (QED) is 0.266. The minimum atomic E-state index is -3.64. The lowest BCUT2D eigenvalue weighted by Crippen LogP contribution is -2.26. The summed E-state index contributed by atoms with van der Waals surface area (Å²) >= 11 is 1.40. The monoisotopic (exact) mass is 533 g/mol. The Morgan fingerprint density at radius 3 is 2.35 bits per heavy atom. The predicted molar refractivity (Wildman–Crippen MR) is 152 cm³/mol. The van der Waals surface area contributed by atoms with Crippen LogP contribution < -0.4 is 10.0 Å².